The average Bonchev–Trinajstić information content (AvgIpc) is 2.77. The summed E-state index contributed by atoms with van der Waals surface area (Å²) in [5.41, 5.74) is 0.791. The molecule has 184 valence electrons. The Morgan fingerprint density at radius 1 is 0.548 bits per heavy atom. The zero-order valence-electron chi connectivity index (χ0n) is 21.7. The van der Waals surface area contributed by atoms with Gasteiger partial charge in [0.1, 0.15) is 0 Å². The predicted molar refractivity (Wildman–Crippen MR) is 138 cm³/mol. The van der Waals surface area contributed by atoms with Crippen LogP contribution >= 0.6 is 0 Å². The minimum Gasteiger partial charge on any atom is -0.462 e. The van der Waals surface area contributed by atoms with E-state index in [1.165, 1.54) is 128 Å². The monoisotopic (exact) mass is 436 g/mol. The average molecular weight is 437 g/mol. The molecule has 0 saturated carbocycles. The molecule has 0 unspecified atom stereocenters. The maximum Gasteiger partial charge on any atom is 0.333 e. The van der Waals surface area contributed by atoms with Crippen LogP contribution in [-0.4, -0.2) is 12.6 Å². The summed E-state index contributed by atoms with van der Waals surface area (Å²) < 4.78 is 5.43. The van der Waals surface area contributed by atoms with E-state index in [9.17, 15) is 4.79 Å². The van der Waals surface area contributed by atoms with E-state index in [0.29, 0.717) is 6.61 Å². The third-order valence-corrected chi connectivity index (χ3v) is 6.31. The van der Waals surface area contributed by atoms with Crippen molar-refractivity contribution in [3.05, 3.63) is 11.6 Å². The lowest BCUT2D eigenvalue weighted by Gasteiger charge is -2.06. The van der Waals surface area contributed by atoms with E-state index < -0.39 is 0 Å². The van der Waals surface area contributed by atoms with Gasteiger partial charge in [0.05, 0.1) is 6.61 Å². The van der Waals surface area contributed by atoms with Crippen LogP contribution in [0.4, 0.5) is 0 Å². The van der Waals surface area contributed by atoms with Gasteiger partial charge in [-0.3, -0.25) is 0 Å². The van der Waals surface area contributed by atoms with Crippen LogP contribution in [0.15, 0.2) is 11.6 Å². The SMILES string of the molecule is CCCCCCCCCCCC/C=C(\C)C(=O)OCCCCCCCCCCCCC. The minimum absolute atomic E-state index is 0.112. The number of allylic oxidation sites excluding steroid dienone is 1. The quantitative estimate of drug-likeness (QED) is 0.0854. The molecular formula is C29H56O2. The van der Waals surface area contributed by atoms with Crippen molar-refractivity contribution in [2.45, 2.75) is 162 Å². The van der Waals surface area contributed by atoms with E-state index in [4.69, 9.17) is 4.74 Å². The van der Waals surface area contributed by atoms with E-state index in [-0.39, 0.29) is 5.97 Å². The molecular weight excluding hydrogens is 380 g/mol. The first-order chi connectivity index (χ1) is 15.2. The van der Waals surface area contributed by atoms with Crippen molar-refractivity contribution in [3.8, 4) is 0 Å². The molecule has 0 radical (unpaired) electrons. The molecule has 0 rings (SSSR count). The van der Waals surface area contributed by atoms with Crippen LogP contribution < -0.4 is 0 Å². The summed E-state index contributed by atoms with van der Waals surface area (Å²) in [6.45, 7) is 7.03. The summed E-state index contributed by atoms with van der Waals surface area (Å²) in [6.07, 6.45) is 31.1. The van der Waals surface area contributed by atoms with Gasteiger partial charge in [-0.2, -0.15) is 0 Å². The molecule has 0 aromatic rings. The summed E-state index contributed by atoms with van der Waals surface area (Å²) in [4.78, 5) is 12.0. The van der Waals surface area contributed by atoms with E-state index in [2.05, 4.69) is 19.9 Å². The van der Waals surface area contributed by atoms with Gasteiger partial charge in [0.25, 0.3) is 0 Å². The molecule has 0 aliphatic rings. The summed E-state index contributed by atoms with van der Waals surface area (Å²) in [5.74, 6) is -0.112. The topological polar surface area (TPSA) is 26.3 Å². The molecule has 0 bridgehead atoms. The molecule has 0 aliphatic carbocycles. The molecule has 0 heterocycles. The number of unbranched alkanes of at least 4 members (excludes halogenated alkanes) is 20. The van der Waals surface area contributed by atoms with Crippen molar-refractivity contribution in [3.63, 3.8) is 0 Å². The first kappa shape index (κ1) is 30.2. The largest absolute Gasteiger partial charge is 0.462 e. The lowest BCUT2D eigenvalue weighted by molar-refractivity contribution is -0.139. The van der Waals surface area contributed by atoms with Crippen molar-refractivity contribution in [2.75, 3.05) is 6.61 Å². The van der Waals surface area contributed by atoms with Gasteiger partial charge in [-0.25, -0.2) is 4.79 Å². The summed E-state index contributed by atoms with van der Waals surface area (Å²) >= 11 is 0. The van der Waals surface area contributed by atoms with Crippen LogP contribution in [0.2, 0.25) is 0 Å². The van der Waals surface area contributed by atoms with Gasteiger partial charge >= 0.3 is 5.97 Å². The van der Waals surface area contributed by atoms with Gasteiger partial charge in [-0.15, -0.1) is 0 Å². The number of hydrogen-bond acceptors (Lipinski definition) is 2. The molecule has 0 spiro atoms. The number of ether oxygens (including phenoxy) is 1. The van der Waals surface area contributed by atoms with Crippen molar-refractivity contribution in [1.29, 1.82) is 0 Å². The van der Waals surface area contributed by atoms with Gasteiger partial charge in [0, 0.05) is 5.57 Å². The highest BCUT2D eigenvalue weighted by molar-refractivity contribution is 5.87. The molecule has 2 nitrogen and oxygen atoms in total. The lowest BCUT2D eigenvalue weighted by atomic mass is 10.1. The van der Waals surface area contributed by atoms with Crippen molar-refractivity contribution in [1.82, 2.24) is 0 Å². The Labute approximate surface area is 196 Å². The molecule has 0 fully saturated rings. The standard InChI is InChI=1S/C29H56O2/c1-4-6-8-10-12-14-16-18-20-22-24-26-28(3)29(30)31-27-25-23-21-19-17-15-13-11-9-7-5-2/h26H,4-25,27H2,1-3H3/b28-26+. The molecule has 0 aliphatic heterocycles. The Morgan fingerprint density at radius 3 is 1.32 bits per heavy atom. The third-order valence-electron chi connectivity index (χ3n) is 6.31. The van der Waals surface area contributed by atoms with Crippen molar-refractivity contribution in [2.24, 2.45) is 0 Å². The van der Waals surface area contributed by atoms with Crippen LogP contribution in [0.3, 0.4) is 0 Å². The Kier molecular flexibility index (Phi) is 24.8. The van der Waals surface area contributed by atoms with Crippen LogP contribution in [0.5, 0.6) is 0 Å². The summed E-state index contributed by atoms with van der Waals surface area (Å²) in [7, 11) is 0. The first-order valence-corrected chi connectivity index (χ1v) is 14.1. The van der Waals surface area contributed by atoms with E-state index >= 15 is 0 Å². The van der Waals surface area contributed by atoms with Gasteiger partial charge in [0.15, 0.2) is 0 Å². The van der Waals surface area contributed by atoms with Crippen LogP contribution in [0.25, 0.3) is 0 Å². The van der Waals surface area contributed by atoms with E-state index in [1.807, 2.05) is 6.92 Å². The fraction of sp³-hybridized carbons (Fsp3) is 0.897. The van der Waals surface area contributed by atoms with Gasteiger partial charge in [-0.05, 0) is 26.2 Å². The number of hydrogen-bond donors (Lipinski definition) is 0. The van der Waals surface area contributed by atoms with E-state index in [1.54, 1.807) is 0 Å². The van der Waals surface area contributed by atoms with Gasteiger partial charge < -0.3 is 4.74 Å². The molecule has 0 atom stereocenters. The normalized spacial score (nSPS) is 11.8. The maximum absolute atomic E-state index is 12.0. The van der Waals surface area contributed by atoms with Crippen LogP contribution in [0.1, 0.15) is 162 Å². The number of rotatable bonds is 24. The fourth-order valence-electron chi connectivity index (χ4n) is 4.08. The molecule has 2 heteroatoms. The number of carbonyl (C=O) groups excluding carboxylic acids is 1. The molecule has 0 amide bonds. The number of esters is 1. The zero-order chi connectivity index (χ0) is 22.8. The Hall–Kier alpha value is -0.790. The Morgan fingerprint density at radius 2 is 0.903 bits per heavy atom. The smallest absolute Gasteiger partial charge is 0.333 e. The second-order valence-corrected chi connectivity index (χ2v) is 9.53. The van der Waals surface area contributed by atoms with Crippen molar-refractivity contribution >= 4 is 5.97 Å². The molecule has 0 aromatic carbocycles. The third kappa shape index (κ3) is 23.7. The summed E-state index contributed by atoms with van der Waals surface area (Å²) in [6, 6.07) is 0. The highest BCUT2D eigenvalue weighted by atomic mass is 16.5. The molecule has 0 N–H and O–H groups in total. The molecule has 0 aromatic heterocycles. The van der Waals surface area contributed by atoms with Crippen LogP contribution in [0, 0.1) is 0 Å². The molecule has 31 heavy (non-hydrogen) atoms. The zero-order valence-corrected chi connectivity index (χ0v) is 21.7. The predicted octanol–water partition coefficient (Wildman–Crippen LogP) is 10.1. The van der Waals surface area contributed by atoms with Crippen molar-refractivity contribution < 1.29 is 9.53 Å². The van der Waals surface area contributed by atoms with Gasteiger partial charge in [-0.1, -0.05) is 142 Å². The molecule has 0 saturated heterocycles. The Bertz CT molecular complexity index is 400. The lowest BCUT2D eigenvalue weighted by Crippen LogP contribution is -2.07. The van der Waals surface area contributed by atoms with E-state index in [0.717, 1.165) is 18.4 Å². The fourth-order valence-corrected chi connectivity index (χ4v) is 4.08. The maximum atomic E-state index is 12.0. The minimum atomic E-state index is -0.112. The first-order valence-electron chi connectivity index (χ1n) is 14.1. The highest BCUT2D eigenvalue weighted by Gasteiger charge is 2.04. The highest BCUT2D eigenvalue weighted by Crippen LogP contribution is 2.13. The second kappa shape index (κ2) is 25.5. The van der Waals surface area contributed by atoms with Crippen LogP contribution in [-0.2, 0) is 9.53 Å². The summed E-state index contributed by atoms with van der Waals surface area (Å²) in [5, 5.41) is 0. The van der Waals surface area contributed by atoms with Gasteiger partial charge in [0.2, 0.25) is 0 Å². The second-order valence-electron chi connectivity index (χ2n) is 9.53. The number of carbonyl (C=O) groups is 1. The Balaban J connectivity index is 3.40.